The molecule has 0 aliphatic carbocycles. The van der Waals surface area contributed by atoms with Crippen molar-refractivity contribution in [3.63, 3.8) is 0 Å². The van der Waals surface area contributed by atoms with E-state index in [1.165, 1.54) is 0 Å². The lowest BCUT2D eigenvalue weighted by Crippen LogP contribution is -2.05. The van der Waals surface area contributed by atoms with Crippen LogP contribution < -0.4 is 11.1 Å². The first-order valence-corrected chi connectivity index (χ1v) is 7.92. The summed E-state index contributed by atoms with van der Waals surface area (Å²) in [4.78, 5) is 4.31. The van der Waals surface area contributed by atoms with Gasteiger partial charge in [0.25, 0.3) is 0 Å². The van der Waals surface area contributed by atoms with Gasteiger partial charge in [-0.3, -0.25) is 10.2 Å². The minimum atomic E-state index is 0.252. The number of para-hydroxylation sites is 1. The Kier molecular flexibility index (Phi) is 3.04. The third kappa shape index (κ3) is 2.30. The second-order valence-electron chi connectivity index (χ2n) is 5.78. The van der Waals surface area contributed by atoms with Crippen molar-refractivity contribution in [2.45, 2.75) is 0 Å². The average molecular weight is 343 g/mol. The molecule has 0 saturated heterocycles. The molecule has 0 fully saturated rings. The first-order chi connectivity index (χ1) is 12.8. The lowest BCUT2D eigenvalue weighted by atomic mass is 10.2. The molecular weight excluding hydrogens is 330 g/mol. The van der Waals surface area contributed by atoms with Crippen LogP contribution in [0.15, 0.2) is 48.7 Å². The zero-order chi connectivity index (χ0) is 17.5. The summed E-state index contributed by atoms with van der Waals surface area (Å²) in [5.74, 6) is 0.562. The molecule has 2 aromatic carbocycles. The van der Waals surface area contributed by atoms with Crippen LogP contribution in [0.4, 0.5) is 17.5 Å². The minimum absolute atomic E-state index is 0.252. The SMILES string of the molecule is Nc1nc(Nc2ccc3cn[nH]c3c2)nnc1-c1n[nH]c2ccccc12. The lowest BCUT2D eigenvalue weighted by Gasteiger charge is -2.06. The summed E-state index contributed by atoms with van der Waals surface area (Å²) < 4.78 is 0. The van der Waals surface area contributed by atoms with E-state index in [1.54, 1.807) is 6.20 Å². The molecular formula is C17H13N9. The van der Waals surface area contributed by atoms with Gasteiger partial charge in [0.05, 0.1) is 17.2 Å². The van der Waals surface area contributed by atoms with Gasteiger partial charge in [-0.05, 0) is 24.3 Å². The summed E-state index contributed by atoms with van der Waals surface area (Å²) >= 11 is 0. The number of nitrogen functional groups attached to an aromatic ring is 1. The van der Waals surface area contributed by atoms with Gasteiger partial charge in [-0.25, -0.2) is 0 Å². The number of fused-ring (bicyclic) bond motifs is 2. The number of rotatable bonds is 3. The monoisotopic (exact) mass is 343 g/mol. The molecule has 0 atom stereocenters. The Morgan fingerprint density at radius 2 is 1.85 bits per heavy atom. The number of benzene rings is 2. The van der Waals surface area contributed by atoms with E-state index >= 15 is 0 Å². The third-order valence-electron chi connectivity index (χ3n) is 4.11. The molecule has 126 valence electrons. The van der Waals surface area contributed by atoms with Gasteiger partial charge in [0.2, 0.25) is 5.95 Å². The number of hydrogen-bond donors (Lipinski definition) is 4. The van der Waals surface area contributed by atoms with E-state index in [-0.39, 0.29) is 5.82 Å². The highest BCUT2D eigenvalue weighted by Crippen LogP contribution is 2.28. The molecule has 9 heteroatoms. The molecule has 5 rings (SSSR count). The van der Waals surface area contributed by atoms with E-state index in [4.69, 9.17) is 5.73 Å². The van der Waals surface area contributed by atoms with E-state index in [1.807, 2.05) is 42.5 Å². The predicted molar refractivity (Wildman–Crippen MR) is 98.7 cm³/mol. The number of nitrogens with two attached hydrogens (primary N) is 1. The summed E-state index contributed by atoms with van der Waals surface area (Å²) in [7, 11) is 0. The van der Waals surface area contributed by atoms with Gasteiger partial charge in [-0.15, -0.1) is 10.2 Å². The summed E-state index contributed by atoms with van der Waals surface area (Å²) in [6.45, 7) is 0. The van der Waals surface area contributed by atoms with Crippen molar-refractivity contribution in [1.29, 1.82) is 0 Å². The van der Waals surface area contributed by atoms with Crippen molar-refractivity contribution >= 4 is 39.3 Å². The Labute approximate surface area is 146 Å². The number of H-pyrrole nitrogens is 2. The van der Waals surface area contributed by atoms with Crippen LogP contribution >= 0.6 is 0 Å². The van der Waals surface area contributed by atoms with Crippen LogP contribution in [0.2, 0.25) is 0 Å². The number of anilines is 3. The highest BCUT2D eigenvalue weighted by molar-refractivity contribution is 5.93. The molecule has 0 saturated carbocycles. The number of aromatic nitrogens is 7. The lowest BCUT2D eigenvalue weighted by molar-refractivity contribution is 0.981. The molecule has 0 radical (unpaired) electrons. The molecule has 0 aliphatic rings. The highest BCUT2D eigenvalue weighted by Gasteiger charge is 2.15. The standard InChI is InChI=1S/C17H13N9/c18-16-15(14-11-3-1-2-4-12(11)23-24-14)25-26-17(21-16)20-10-6-5-9-8-19-22-13(9)7-10/h1-8H,(H,19,22)(H,23,24)(H3,18,20,21,26). The summed E-state index contributed by atoms with van der Waals surface area (Å²) in [6.07, 6.45) is 1.76. The van der Waals surface area contributed by atoms with Crippen molar-refractivity contribution in [2.75, 3.05) is 11.1 Å². The van der Waals surface area contributed by atoms with Crippen LogP contribution in [-0.2, 0) is 0 Å². The molecule has 0 bridgehead atoms. The number of nitrogens with zero attached hydrogens (tertiary/aromatic N) is 5. The Bertz CT molecular complexity index is 1240. The second kappa shape index (κ2) is 5.52. The van der Waals surface area contributed by atoms with Crippen molar-refractivity contribution in [2.24, 2.45) is 0 Å². The summed E-state index contributed by atoms with van der Waals surface area (Å²) in [5.41, 5.74) is 9.80. The molecule has 0 unspecified atom stereocenters. The fraction of sp³-hybridized carbons (Fsp3) is 0. The van der Waals surface area contributed by atoms with Gasteiger partial charge in [0.1, 0.15) is 5.69 Å². The minimum Gasteiger partial charge on any atom is -0.382 e. The Morgan fingerprint density at radius 1 is 0.923 bits per heavy atom. The maximum atomic E-state index is 6.11. The topological polar surface area (TPSA) is 134 Å². The molecule has 3 aromatic heterocycles. The molecule has 26 heavy (non-hydrogen) atoms. The van der Waals surface area contributed by atoms with Gasteiger partial charge < -0.3 is 11.1 Å². The Morgan fingerprint density at radius 3 is 2.77 bits per heavy atom. The molecule has 0 spiro atoms. The quantitative estimate of drug-likeness (QED) is 0.395. The van der Waals surface area contributed by atoms with Gasteiger partial charge >= 0.3 is 0 Å². The van der Waals surface area contributed by atoms with E-state index < -0.39 is 0 Å². The van der Waals surface area contributed by atoms with Crippen LogP contribution in [0, 0.1) is 0 Å². The van der Waals surface area contributed by atoms with Crippen molar-refractivity contribution in [3.05, 3.63) is 48.7 Å². The van der Waals surface area contributed by atoms with Crippen molar-refractivity contribution in [3.8, 4) is 11.4 Å². The summed E-state index contributed by atoms with van der Waals surface area (Å²) in [5, 5.41) is 27.6. The number of hydrogen-bond acceptors (Lipinski definition) is 7. The summed E-state index contributed by atoms with van der Waals surface area (Å²) in [6, 6.07) is 13.5. The van der Waals surface area contributed by atoms with Gasteiger partial charge in [-0.2, -0.15) is 15.2 Å². The van der Waals surface area contributed by atoms with Crippen LogP contribution in [0.25, 0.3) is 33.2 Å². The molecule has 0 amide bonds. The normalized spacial score (nSPS) is 11.2. The van der Waals surface area contributed by atoms with Crippen LogP contribution in [0.3, 0.4) is 0 Å². The van der Waals surface area contributed by atoms with E-state index in [0.717, 1.165) is 27.5 Å². The maximum absolute atomic E-state index is 6.11. The zero-order valence-electron chi connectivity index (χ0n) is 13.4. The molecule has 9 nitrogen and oxygen atoms in total. The van der Waals surface area contributed by atoms with Crippen LogP contribution in [0.5, 0.6) is 0 Å². The van der Waals surface area contributed by atoms with Gasteiger partial charge in [0, 0.05) is 16.5 Å². The highest BCUT2D eigenvalue weighted by atomic mass is 15.3. The van der Waals surface area contributed by atoms with Crippen molar-refractivity contribution in [1.82, 2.24) is 35.6 Å². The number of nitrogens with one attached hydrogen (secondary N) is 3. The van der Waals surface area contributed by atoms with E-state index in [2.05, 4.69) is 40.9 Å². The first-order valence-electron chi connectivity index (χ1n) is 7.92. The smallest absolute Gasteiger partial charge is 0.249 e. The average Bonchev–Trinajstić information content (AvgIpc) is 3.28. The number of aromatic amines is 2. The van der Waals surface area contributed by atoms with E-state index in [0.29, 0.717) is 17.3 Å². The van der Waals surface area contributed by atoms with Crippen LogP contribution in [-0.4, -0.2) is 35.6 Å². The fourth-order valence-corrected chi connectivity index (χ4v) is 2.85. The maximum Gasteiger partial charge on any atom is 0.249 e. The van der Waals surface area contributed by atoms with Gasteiger partial charge in [0.15, 0.2) is 11.5 Å². The van der Waals surface area contributed by atoms with Crippen molar-refractivity contribution < 1.29 is 0 Å². The zero-order valence-corrected chi connectivity index (χ0v) is 13.4. The Hall–Kier alpha value is -4.01. The molecule has 0 aliphatic heterocycles. The molecule has 3 heterocycles. The van der Waals surface area contributed by atoms with Crippen LogP contribution in [0.1, 0.15) is 0 Å². The van der Waals surface area contributed by atoms with Gasteiger partial charge in [-0.1, -0.05) is 18.2 Å². The molecule has 5 N–H and O–H groups in total. The third-order valence-corrected chi connectivity index (χ3v) is 4.11. The predicted octanol–water partition coefficient (Wildman–Crippen LogP) is 2.62. The largest absolute Gasteiger partial charge is 0.382 e. The van der Waals surface area contributed by atoms with E-state index in [9.17, 15) is 0 Å². The fourth-order valence-electron chi connectivity index (χ4n) is 2.85. The Balaban J connectivity index is 1.49. The second-order valence-corrected chi connectivity index (χ2v) is 5.78. The first kappa shape index (κ1) is 14.3. The molecule has 5 aromatic rings.